The Kier molecular flexibility index (Phi) is 6.96. The Hall–Kier alpha value is -1.33. The number of hydrogen-bond donors (Lipinski definition) is 0. The van der Waals surface area contributed by atoms with Crippen molar-refractivity contribution >= 4 is 5.91 Å². The predicted molar refractivity (Wildman–Crippen MR) is 116 cm³/mol. The van der Waals surface area contributed by atoms with Gasteiger partial charge in [0.2, 0.25) is 5.91 Å². The average molecular weight is 402 g/mol. The Morgan fingerprint density at radius 2 is 1.72 bits per heavy atom. The highest BCUT2D eigenvalue weighted by Gasteiger charge is 2.33. The molecule has 3 aliphatic rings. The third-order valence-electron chi connectivity index (χ3n) is 7.50. The van der Waals surface area contributed by atoms with Gasteiger partial charge in [-0.15, -0.1) is 0 Å². The summed E-state index contributed by atoms with van der Waals surface area (Å²) in [6.45, 7) is 12.1. The smallest absolute Gasteiger partial charge is 0.225 e. The molecule has 1 aromatic rings. The van der Waals surface area contributed by atoms with Gasteiger partial charge in [-0.05, 0) is 96.7 Å². The fourth-order valence-electron chi connectivity index (χ4n) is 5.45. The van der Waals surface area contributed by atoms with E-state index in [9.17, 15) is 4.79 Å². The van der Waals surface area contributed by atoms with Crippen molar-refractivity contribution in [3.05, 3.63) is 23.7 Å². The second kappa shape index (κ2) is 9.65. The number of likely N-dealkylation sites (tertiary alicyclic amines) is 3. The van der Waals surface area contributed by atoms with Crippen molar-refractivity contribution in [3.8, 4) is 0 Å². The molecular formula is C24H39N3O2. The molecule has 0 aromatic carbocycles. The lowest BCUT2D eigenvalue weighted by Gasteiger charge is -2.42. The maximum absolute atomic E-state index is 12.7. The molecule has 4 heterocycles. The number of rotatable bonds is 6. The van der Waals surface area contributed by atoms with Gasteiger partial charge in [-0.2, -0.15) is 0 Å². The Labute approximate surface area is 176 Å². The minimum absolute atomic E-state index is 0.288. The fraction of sp³-hybridized carbons (Fsp3) is 0.792. The molecule has 4 rings (SSSR count). The van der Waals surface area contributed by atoms with Gasteiger partial charge < -0.3 is 19.1 Å². The van der Waals surface area contributed by atoms with E-state index < -0.39 is 0 Å². The molecule has 0 radical (unpaired) electrons. The number of nitrogens with zero attached hydrogens (tertiary/aromatic N) is 3. The van der Waals surface area contributed by atoms with Gasteiger partial charge in [-0.1, -0.05) is 6.92 Å². The van der Waals surface area contributed by atoms with Crippen LogP contribution < -0.4 is 0 Å². The number of piperidine rings is 2. The van der Waals surface area contributed by atoms with Gasteiger partial charge in [-0.25, -0.2) is 0 Å². The zero-order valence-corrected chi connectivity index (χ0v) is 18.4. The second-order valence-corrected chi connectivity index (χ2v) is 9.55. The SMILES string of the molecule is Cc1ccc(C(C)CCN2CCC(N3CCC(C(=O)N4CCCC4)CC3)CC2)o1. The van der Waals surface area contributed by atoms with Gasteiger partial charge in [0.1, 0.15) is 11.5 Å². The van der Waals surface area contributed by atoms with Crippen LogP contribution in [0.2, 0.25) is 0 Å². The summed E-state index contributed by atoms with van der Waals surface area (Å²) in [5, 5.41) is 0. The van der Waals surface area contributed by atoms with E-state index in [1.165, 1.54) is 51.7 Å². The van der Waals surface area contributed by atoms with Crippen molar-refractivity contribution in [2.45, 2.75) is 70.8 Å². The molecule has 0 aliphatic carbocycles. The number of carbonyl (C=O) groups excluding carboxylic acids is 1. The van der Waals surface area contributed by atoms with E-state index in [1.54, 1.807) is 0 Å². The molecule has 3 aliphatic heterocycles. The van der Waals surface area contributed by atoms with Crippen LogP contribution in [0.3, 0.4) is 0 Å². The van der Waals surface area contributed by atoms with Crippen molar-refractivity contribution in [2.24, 2.45) is 5.92 Å². The zero-order chi connectivity index (χ0) is 20.2. The van der Waals surface area contributed by atoms with E-state index in [1.807, 2.05) is 6.92 Å². The zero-order valence-electron chi connectivity index (χ0n) is 18.4. The highest BCUT2D eigenvalue weighted by molar-refractivity contribution is 5.79. The normalized spacial score (nSPS) is 24.3. The summed E-state index contributed by atoms with van der Waals surface area (Å²) < 4.78 is 5.79. The number of hydrogen-bond acceptors (Lipinski definition) is 4. The summed E-state index contributed by atoms with van der Waals surface area (Å²) in [6, 6.07) is 4.92. The van der Waals surface area contributed by atoms with Crippen molar-refractivity contribution in [2.75, 3.05) is 45.8 Å². The molecule has 0 bridgehead atoms. The van der Waals surface area contributed by atoms with Crippen LogP contribution in [-0.2, 0) is 4.79 Å². The first-order valence-electron chi connectivity index (χ1n) is 11.9. The monoisotopic (exact) mass is 401 g/mol. The number of furan rings is 1. The Morgan fingerprint density at radius 1 is 1.03 bits per heavy atom. The van der Waals surface area contributed by atoms with Crippen LogP contribution in [0.1, 0.15) is 69.3 Å². The van der Waals surface area contributed by atoms with Gasteiger partial charge >= 0.3 is 0 Å². The molecule has 0 saturated carbocycles. The molecule has 3 saturated heterocycles. The molecule has 0 spiro atoms. The number of amides is 1. The van der Waals surface area contributed by atoms with Crippen LogP contribution in [0, 0.1) is 12.8 Å². The van der Waals surface area contributed by atoms with Crippen LogP contribution in [0.4, 0.5) is 0 Å². The van der Waals surface area contributed by atoms with Crippen molar-refractivity contribution in [1.82, 2.24) is 14.7 Å². The fourth-order valence-corrected chi connectivity index (χ4v) is 5.45. The third-order valence-corrected chi connectivity index (χ3v) is 7.50. The first kappa shape index (κ1) is 20.9. The van der Waals surface area contributed by atoms with Gasteiger partial charge in [-0.3, -0.25) is 4.79 Å². The van der Waals surface area contributed by atoms with Crippen molar-refractivity contribution in [1.29, 1.82) is 0 Å². The largest absolute Gasteiger partial charge is 0.466 e. The maximum atomic E-state index is 12.7. The summed E-state index contributed by atoms with van der Waals surface area (Å²) in [4.78, 5) is 20.1. The number of aryl methyl sites for hydroxylation is 1. The second-order valence-electron chi connectivity index (χ2n) is 9.55. The Balaban J connectivity index is 1.15. The highest BCUT2D eigenvalue weighted by Crippen LogP contribution is 2.27. The molecule has 1 amide bonds. The third kappa shape index (κ3) is 5.24. The molecule has 1 atom stereocenters. The minimum Gasteiger partial charge on any atom is -0.466 e. The van der Waals surface area contributed by atoms with Crippen molar-refractivity contribution in [3.63, 3.8) is 0 Å². The van der Waals surface area contributed by atoms with E-state index in [4.69, 9.17) is 4.42 Å². The Morgan fingerprint density at radius 3 is 2.34 bits per heavy atom. The molecule has 29 heavy (non-hydrogen) atoms. The van der Waals surface area contributed by atoms with E-state index >= 15 is 0 Å². The summed E-state index contributed by atoms with van der Waals surface area (Å²) in [5.74, 6) is 3.37. The molecule has 162 valence electrons. The summed E-state index contributed by atoms with van der Waals surface area (Å²) in [6.07, 6.45) is 8.25. The quantitative estimate of drug-likeness (QED) is 0.725. The lowest BCUT2D eigenvalue weighted by atomic mass is 9.92. The molecule has 1 aromatic heterocycles. The summed E-state index contributed by atoms with van der Waals surface area (Å²) >= 11 is 0. The van der Waals surface area contributed by atoms with Crippen LogP contribution >= 0.6 is 0 Å². The topological polar surface area (TPSA) is 39.9 Å². The lowest BCUT2D eigenvalue weighted by Crippen LogP contribution is -2.49. The first-order valence-corrected chi connectivity index (χ1v) is 11.9. The summed E-state index contributed by atoms with van der Waals surface area (Å²) in [7, 11) is 0. The van der Waals surface area contributed by atoms with Crippen LogP contribution in [0.25, 0.3) is 0 Å². The molecule has 3 fully saturated rings. The van der Waals surface area contributed by atoms with E-state index in [-0.39, 0.29) is 5.92 Å². The molecular weight excluding hydrogens is 362 g/mol. The summed E-state index contributed by atoms with van der Waals surface area (Å²) in [5.41, 5.74) is 0. The van der Waals surface area contributed by atoms with Gasteiger partial charge in [0.25, 0.3) is 0 Å². The molecule has 5 nitrogen and oxygen atoms in total. The number of carbonyl (C=O) groups is 1. The van der Waals surface area contributed by atoms with Crippen LogP contribution in [-0.4, -0.2) is 72.5 Å². The first-order chi connectivity index (χ1) is 14.1. The van der Waals surface area contributed by atoms with E-state index in [0.717, 1.165) is 56.6 Å². The molecule has 0 N–H and O–H groups in total. The van der Waals surface area contributed by atoms with Crippen LogP contribution in [0.15, 0.2) is 16.5 Å². The minimum atomic E-state index is 0.288. The Bertz CT molecular complexity index is 651. The standard InChI is InChI=1S/C24H39N3O2/c1-19(23-6-5-20(2)29-23)7-14-25-15-10-22(11-16-25)26-17-8-21(9-18-26)24(28)27-12-3-4-13-27/h5-6,19,21-22H,3-4,7-18H2,1-2H3. The van der Waals surface area contributed by atoms with Crippen LogP contribution in [0.5, 0.6) is 0 Å². The molecule has 1 unspecified atom stereocenters. The van der Waals surface area contributed by atoms with Crippen molar-refractivity contribution < 1.29 is 9.21 Å². The highest BCUT2D eigenvalue weighted by atomic mass is 16.3. The van der Waals surface area contributed by atoms with E-state index in [2.05, 4.69) is 33.8 Å². The average Bonchev–Trinajstić information content (AvgIpc) is 3.44. The lowest BCUT2D eigenvalue weighted by molar-refractivity contribution is -0.136. The van der Waals surface area contributed by atoms with Gasteiger partial charge in [0.05, 0.1) is 0 Å². The maximum Gasteiger partial charge on any atom is 0.225 e. The van der Waals surface area contributed by atoms with E-state index in [0.29, 0.717) is 11.8 Å². The molecule has 5 heteroatoms. The van der Waals surface area contributed by atoms with Gasteiger partial charge in [0.15, 0.2) is 0 Å². The van der Waals surface area contributed by atoms with Gasteiger partial charge in [0, 0.05) is 31.0 Å². The predicted octanol–water partition coefficient (Wildman–Crippen LogP) is 3.88.